The fourth-order valence-electron chi connectivity index (χ4n) is 4.21. The van der Waals surface area contributed by atoms with Crippen LogP contribution in [0.25, 0.3) is 12.2 Å². The zero-order valence-electron chi connectivity index (χ0n) is 29.5. The van der Waals surface area contributed by atoms with E-state index in [9.17, 15) is 0 Å². The van der Waals surface area contributed by atoms with Crippen molar-refractivity contribution >= 4 is 12.2 Å². The van der Waals surface area contributed by atoms with E-state index in [1.807, 2.05) is 43.3 Å². The quantitative estimate of drug-likeness (QED) is 0.205. The van der Waals surface area contributed by atoms with Crippen molar-refractivity contribution < 1.29 is 9.84 Å². The number of hydrogen-bond donors (Lipinski definition) is 1. The minimum absolute atomic E-state index is 0.0186. The van der Waals surface area contributed by atoms with Gasteiger partial charge in [0.1, 0.15) is 17.1 Å². The molecule has 0 aliphatic rings. The van der Waals surface area contributed by atoms with Crippen LogP contribution in [0.1, 0.15) is 101 Å². The van der Waals surface area contributed by atoms with Crippen molar-refractivity contribution in [2.24, 2.45) is 0 Å². The third-order valence-corrected chi connectivity index (χ3v) is 8.63. The molecule has 4 aromatic rings. The fraction of sp³-hybridized carbons (Fsp3) is 0.349. The van der Waals surface area contributed by atoms with Gasteiger partial charge in [-0.25, -0.2) is 0 Å². The van der Waals surface area contributed by atoms with Crippen molar-refractivity contribution in [1.82, 2.24) is 0 Å². The van der Waals surface area contributed by atoms with Crippen LogP contribution in [0.2, 0.25) is 0 Å². The maximum Gasteiger partial charge on any atom is 0.120 e. The summed E-state index contributed by atoms with van der Waals surface area (Å²) in [5, 5.41) is 8.76. The Balaban J connectivity index is 0.000000308. The number of hydrogen-bond acceptors (Lipinski definition) is 2. The average Bonchev–Trinajstić information content (AvgIpc) is 3.08. The molecule has 0 saturated carbocycles. The zero-order chi connectivity index (χ0) is 33.9. The van der Waals surface area contributed by atoms with Gasteiger partial charge in [0.15, 0.2) is 0 Å². The van der Waals surface area contributed by atoms with Gasteiger partial charge in [0.2, 0.25) is 0 Å². The molecule has 0 heterocycles. The summed E-state index contributed by atoms with van der Waals surface area (Å²) >= 11 is 0. The second kappa shape index (κ2) is 20.1. The first-order valence-electron chi connectivity index (χ1n) is 16.3. The van der Waals surface area contributed by atoms with Gasteiger partial charge in [-0.2, -0.15) is 0 Å². The maximum atomic E-state index is 8.76. The summed E-state index contributed by atoms with van der Waals surface area (Å²) in [5.41, 5.74) is 7.86. The summed E-state index contributed by atoms with van der Waals surface area (Å²) in [6.07, 6.45) is 8.20. The monoisotopic (exact) mass is 606 g/mol. The lowest BCUT2D eigenvalue weighted by Gasteiger charge is -2.28. The van der Waals surface area contributed by atoms with E-state index in [0.717, 1.165) is 18.6 Å². The molecule has 45 heavy (non-hydrogen) atoms. The summed E-state index contributed by atoms with van der Waals surface area (Å²) < 4.78 is 5.96. The Morgan fingerprint density at radius 1 is 0.556 bits per heavy atom. The lowest BCUT2D eigenvalue weighted by molar-refractivity contribution is 0.0803. The van der Waals surface area contributed by atoms with Gasteiger partial charge in [-0.05, 0) is 99.7 Å². The minimum atomic E-state index is -0.0186. The number of rotatable bonds is 9. The molecule has 0 saturated heterocycles. The number of benzene rings is 4. The van der Waals surface area contributed by atoms with Crippen LogP contribution < -0.4 is 4.74 Å². The van der Waals surface area contributed by atoms with Crippen molar-refractivity contribution in [3.05, 3.63) is 144 Å². The molecule has 0 radical (unpaired) electrons. The molecule has 0 amide bonds. The van der Waals surface area contributed by atoms with E-state index in [0.29, 0.717) is 11.2 Å². The van der Waals surface area contributed by atoms with Crippen LogP contribution in [0, 0.1) is 20.8 Å². The van der Waals surface area contributed by atoms with Crippen LogP contribution in [0.5, 0.6) is 11.5 Å². The Hall–Kier alpha value is -4.04. The van der Waals surface area contributed by atoms with Crippen molar-refractivity contribution in [2.75, 3.05) is 0 Å². The van der Waals surface area contributed by atoms with Gasteiger partial charge in [-0.3, -0.25) is 0 Å². The highest BCUT2D eigenvalue weighted by Crippen LogP contribution is 2.31. The summed E-state index contributed by atoms with van der Waals surface area (Å²) in [6.45, 7) is 26.9. The molecule has 4 aromatic carbocycles. The second-order valence-corrected chi connectivity index (χ2v) is 12.1. The Bertz CT molecular complexity index is 1330. The Morgan fingerprint density at radius 2 is 0.911 bits per heavy atom. The first kappa shape index (κ1) is 39.0. The number of phenolic OH excluding ortho intramolecular Hbond substituents is 1. The third-order valence-electron chi connectivity index (χ3n) is 8.63. The normalized spacial score (nSPS) is 10.5. The summed E-state index contributed by atoms with van der Waals surface area (Å²) in [5.74, 6) is 1.30. The van der Waals surface area contributed by atoms with Gasteiger partial charge in [0.05, 0.1) is 0 Å². The fourth-order valence-corrected chi connectivity index (χ4v) is 4.21. The first-order valence-corrected chi connectivity index (χ1v) is 16.3. The molecule has 0 bridgehead atoms. The molecule has 0 unspecified atom stereocenters. The first-order chi connectivity index (χ1) is 21.4. The molecule has 0 aliphatic heterocycles. The maximum absolute atomic E-state index is 8.76. The molecule has 2 nitrogen and oxygen atoms in total. The molecule has 0 atom stereocenters. The van der Waals surface area contributed by atoms with Crippen LogP contribution in [0.3, 0.4) is 0 Å². The van der Waals surface area contributed by atoms with Crippen molar-refractivity contribution in [3.63, 3.8) is 0 Å². The molecule has 2 heteroatoms. The zero-order valence-corrected chi connectivity index (χ0v) is 29.5. The highest BCUT2D eigenvalue weighted by Gasteiger charge is 2.22. The Labute approximate surface area is 275 Å². The molecule has 4 rings (SSSR count). The predicted octanol–water partition coefficient (Wildman–Crippen LogP) is 12.7. The van der Waals surface area contributed by atoms with E-state index in [1.165, 1.54) is 46.2 Å². The van der Waals surface area contributed by atoms with Gasteiger partial charge < -0.3 is 9.84 Å². The van der Waals surface area contributed by atoms with E-state index in [-0.39, 0.29) is 5.60 Å². The van der Waals surface area contributed by atoms with Crippen LogP contribution in [0.4, 0.5) is 0 Å². The van der Waals surface area contributed by atoms with E-state index in [1.54, 1.807) is 12.1 Å². The van der Waals surface area contributed by atoms with Gasteiger partial charge in [0.25, 0.3) is 0 Å². The topological polar surface area (TPSA) is 29.5 Å². The van der Waals surface area contributed by atoms with Gasteiger partial charge in [0, 0.05) is 0 Å². The molecular weight excluding hydrogens is 548 g/mol. The summed E-state index contributed by atoms with van der Waals surface area (Å²) in [4.78, 5) is 0. The Kier molecular flexibility index (Phi) is 17.4. The number of aromatic hydroxyl groups is 1. The molecular formula is C43H58O2. The van der Waals surface area contributed by atoms with E-state index in [4.69, 9.17) is 9.84 Å². The molecule has 242 valence electrons. The largest absolute Gasteiger partial charge is 0.508 e. The standard InChI is InChI=1S/C14H20.C13H20O.C9H10.C7H8O/c1-5-12-8-10-13(11-9-12)14(4,6-2)7-3;1-5-13(4,6-2)14-12-9-7-11(3)8-10-12;1-3-9-6-4-8(2)5-7-9;1-6-2-4-7(8)5-3-6/h5,8-11H,1,6-7H2,2-4H3;7-10H,5-6H2,1-4H3;3-7H,1H2,2H3;2-5,8H,1H3. The second-order valence-electron chi connectivity index (χ2n) is 12.1. The number of aryl methyl sites for hydroxylation is 3. The third kappa shape index (κ3) is 14.5. The number of phenols is 1. The molecule has 1 N–H and O–H groups in total. The van der Waals surface area contributed by atoms with E-state index in [2.05, 4.69) is 129 Å². The van der Waals surface area contributed by atoms with E-state index < -0.39 is 0 Å². The van der Waals surface area contributed by atoms with Gasteiger partial charge in [-0.15, -0.1) is 0 Å². The highest BCUT2D eigenvalue weighted by atomic mass is 16.5. The van der Waals surface area contributed by atoms with Crippen LogP contribution in [0.15, 0.2) is 110 Å². The van der Waals surface area contributed by atoms with Crippen LogP contribution in [-0.2, 0) is 5.41 Å². The van der Waals surface area contributed by atoms with Crippen LogP contribution in [-0.4, -0.2) is 10.7 Å². The van der Waals surface area contributed by atoms with Gasteiger partial charge >= 0.3 is 0 Å². The SMILES string of the molecule is C=Cc1ccc(C(C)(CC)CC)cc1.C=Cc1ccc(C)cc1.CCC(C)(CC)Oc1ccc(C)cc1.Cc1ccc(O)cc1. The highest BCUT2D eigenvalue weighted by molar-refractivity contribution is 5.48. The predicted molar refractivity (Wildman–Crippen MR) is 199 cm³/mol. The summed E-state index contributed by atoms with van der Waals surface area (Å²) in [7, 11) is 0. The smallest absolute Gasteiger partial charge is 0.120 e. The van der Waals surface area contributed by atoms with Gasteiger partial charge in [-0.1, -0.05) is 149 Å². The van der Waals surface area contributed by atoms with Crippen molar-refractivity contribution in [3.8, 4) is 11.5 Å². The Morgan fingerprint density at radius 3 is 1.24 bits per heavy atom. The number of ether oxygens (including phenoxy) is 1. The van der Waals surface area contributed by atoms with E-state index >= 15 is 0 Å². The molecule has 0 aromatic heterocycles. The summed E-state index contributed by atoms with van der Waals surface area (Å²) in [6, 6.07) is 32.4. The average molecular weight is 607 g/mol. The van der Waals surface area contributed by atoms with Crippen molar-refractivity contribution in [1.29, 1.82) is 0 Å². The van der Waals surface area contributed by atoms with Crippen LogP contribution >= 0.6 is 0 Å². The lowest BCUT2D eigenvalue weighted by atomic mass is 9.78. The van der Waals surface area contributed by atoms with Crippen molar-refractivity contribution in [2.45, 2.75) is 99.0 Å². The lowest BCUT2D eigenvalue weighted by Crippen LogP contribution is -2.30. The molecule has 0 aliphatic carbocycles. The molecule has 0 spiro atoms. The minimum Gasteiger partial charge on any atom is -0.508 e. The molecule has 0 fully saturated rings.